The van der Waals surface area contributed by atoms with E-state index in [-0.39, 0.29) is 0 Å². The van der Waals surface area contributed by atoms with E-state index in [1.165, 1.54) is 12.8 Å². The normalized spacial score (nSPS) is 18.8. The molecule has 1 fully saturated rings. The van der Waals surface area contributed by atoms with Crippen molar-refractivity contribution >= 4 is 16.9 Å². The van der Waals surface area contributed by atoms with Crippen molar-refractivity contribution in [3.63, 3.8) is 0 Å². The van der Waals surface area contributed by atoms with Gasteiger partial charge in [-0.1, -0.05) is 25.1 Å². The third-order valence-electron chi connectivity index (χ3n) is 4.30. The van der Waals surface area contributed by atoms with Gasteiger partial charge in [0.2, 0.25) is 0 Å². The fourth-order valence-electron chi connectivity index (χ4n) is 3.22. The first-order valence-corrected chi connectivity index (χ1v) is 7.82. The van der Waals surface area contributed by atoms with Gasteiger partial charge in [0.25, 0.3) is 0 Å². The van der Waals surface area contributed by atoms with E-state index in [9.17, 15) is 0 Å². The van der Waals surface area contributed by atoms with E-state index in [4.69, 9.17) is 0 Å². The zero-order valence-corrected chi connectivity index (χ0v) is 12.7. The van der Waals surface area contributed by atoms with Crippen LogP contribution < -0.4 is 4.90 Å². The number of anilines is 1. The molecule has 0 N–H and O–H groups in total. The van der Waals surface area contributed by atoms with E-state index < -0.39 is 0 Å². The molecule has 0 spiro atoms. The minimum Gasteiger partial charge on any atom is -0.356 e. The molecule has 3 aromatic rings. The van der Waals surface area contributed by atoms with Crippen molar-refractivity contribution in [2.24, 2.45) is 5.92 Å². The molecule has 1 atom stereocenters. The van der Waals surface area contributed by atoms with Crippen LogP contribution in [0.3, 0.4) is 0 Å². The highest BCUT2D eigenvalue weighted by Crippen LogP contribution is 2.28. The van der Waals surface area contributed by atoms with Gasteiger partial charge < -0.3 is 4.90 Å². The lowest BCUT2D eigenvalue weighted by atomic mass is 10.0. The average molecular weight is 293 g/mol. The number of rotatable bonds is 2. The molecule has 112 valence electrons. The van der Waals surface area contributed by atoms with Gasteiger partial charge in [0.1, 0.15) is 12.1 Å². The highest BCUT2D eigenvalue weighted by molar-refractivity contribution is 5.87. The molecule has 0 saturated carbocycles. The molecule has 2 aromatic heterocycles. The Kier molecular flexibility index (Phi) is 3.25. The molecule has 5 nitrogen and oxygen atoms in total. The standard InChI is InChI=1S/C17H19N5/c1-13-6-5-9-21(11-13)16-15-10-20-22(17(15)19-12-18-16)14-7-3-2-4-8-14/h2-4,7-8,10,12-13H,5-6,9,11H2,1H3/t13-/m1/s1. The second kappa shape index (κ2) is 5.40. The van der Waals surface area contributed by atoms with Crippen LogP contribution in [0, 0.1) is 5.92 Å². The van der Waals surface area contributed by atoms with Gasteiger partial charge in [-0.15, -0.1) is 0 Å². The molecule has 0 aliphatic carbocycles. The number of benzene rings is 1. The van der Waals surface area contributed by atoms with Crippen molar-refractivity contribution in [2.45, 2.75) is 19.8 Å². The minimum absolute atomic E-state index is 0.711. The van der Waals surface area contributed by atoms with Crippen molar-refractivity contribution in [1.82, 2.24) is 19.7 Å². The summed E-state index contributed by atoms with van der Waals surface area (Å²) in [6.45, 7) is 4.42. The zero-order chi connectivity index (χ0) is 14.9. The first-order valence-electron chi connectivity index (χ1n) is 7.82. The van der Waals surface area contributed by atoms with Crippen LogP contribution in [-0.4, -0.2) is 32.8 Å². The Labute approximate surface area is 129 Å². The van der Waals surface area contributed by atoms with Crippen LogP contribution >= 0.6 is 0 Å². The Morgan fingerprint density at radius 1 is 1.14 bits per heavy atom. The second-order valence-corrected chi connectivity index (χ2v) is 6.02. The lowest BCUT2D eigenvalue weighted by Crippen LogP contribution is -2.34. The summed E-state index contributed by atoms with van der Waals surface area (Å²) in [5.74, 6) is 1.72. The molecule has 1 aliphatic rings. The van der Waals surface area contributed by atoms with Crippen LogP contribution in [0.4, 0.5) is 5.82 Å². The summed E-state index contributed by atoms with van der Waals surface area (Å²) in [5.41, 5.74) is 1.89. The predicted molar refractivity (Wildman–Crippen MR) is 87.3 cm³/mol. The van der Waals surface area contributed by atoms with Crippen molar-refractivity contribution < 1.29 is 0 Å². The molecule has 0 bridgehead atoms. The average Bonchev–Trinajstić information content (AvgIpc) is 2.99. The highest BCUT2D eigenvalue weighted by atomic mass is 15.3. The number of hydrogen-bond donors (Lipinski definition) is 0. The zero-order valence-electron chi connectivity index (χ0n) is 12.7. The fourth-order valence-corrected chi connectivity index (χ4v) is 3.22. The molecule has 0 radical (unpaired) electrons. The molecule has 1 saturated heterocycles. The predicted octanol–water partition coefficient (Wildman–Crippen LogP) is 3.05. The van der Waals surface area contributed by atoms with Crippen LogP contribution in [0.15, 0.2) is 42.9 Å². The van der Waals surface area contributed by atoms with Gasteiger partial charge in [-0.05, 0) is 30.9 Å². The highest BCUT2D eigenvalue weighted by Gasteiger charge is 2.21. The largest absolute Gasteiger partial charge is 0.356 e. The van der Waals surface area contributed by atoms with Gasteiger partial charge in [0.15, 0.2) is 5.65 Å². The Morgan fingerprint density at radius 2 is 2.00 bits per heavy atom. The SMILES string of the molecule is C[C@@H]1CCCN(c2ncnc3c2cnn3-c2ccccc2)C1. The molecular formula is C17H19N5. The Bertz CT molecular complexity index is 780. The molecule has 0 unspecified atom stereocenters. The van der Waals surface area contributed by atoms with Crippen molar-refractivity contribution in [2.75, 3.05) is 18.0 Å². The van der Waals surface area contributed by atoms with E-state index >= 15 is 0 Å². The van der Waals surface area contributed by atoms with Crippen LogP contribution in [-0.2, 0) is 0 Å². The van der Waals surface area contributed by atoms with Gasteiger partial charge in [0.05, 0.1) is 17.3 Å². The van der Waals surface area contributed by atoms with Gasteiger partial charge in [-0.25, -0.2) is 14.6 Å². The van der Waals surface area contributed by atoms with Crippen LogP contribution in [0.1, 0.15) is 19.8 Å². The molecule has 3 heterocycles. The summed E-state index contributed by atoms with van der Waals surface area (Å²) in [6, 6.07) is 10.1. The molecule has 0 amide bonds. The number of piperidine rings is 1. The summed E-state index contributed by atoms with van der Waals surface area (Å²) in [7, 11) is 0. The Hall–Kier alpha value is -2.43. The second-order valence-electron chi connectivity index (χ2n) is 6.02. The molecule has 5 heteroatoms. The Balaban J connectivity index is 1.80. The monoisotopic (exact) mass is 293 g/mol. The number of aromatic nitrogens is 4. The van der Waals surface area contributed by atoms with Crippen molar-refractivity contribution in [3.8, 4) is 5.69 Å². The van der Waals surface area contributed by atoms with Gasteiger partial charge in [-0.3, -0.25) is 0 Å². The third-order valence-corrected chi connectivity index (χ3v) is 4.30. The minimum atomic E-state index is 0.711. The summed E-state index contributed by atoms with van der Waals surface area (Å²) in [4.78, 5) is 11.4. The number of fused-ring (bicyclic) bond motifs is 1. The lowest BCUT2D eigenvalue weighted by molar-refractivity contribution is 0.445. The molecule has 22 heavy (non-hydrogen) atoms. The van der Waals surface area contributed by atoms with Gasteiger partial charge in [0, 0.05) is 13.1 Å². The summed E-state index contributed by atoms with van der Waals surface area (Å²) in [6.07, 6.45) is 6.06. The van der Waals surface area contributed by atoms with E-state index in [1.54, 1.807) is 6.33 Å². The van der Waals surface area contributed by atoms with Crippen LogP contribution in [0.5, 0.6) is 0 Å². The summed E-state index contributed by atoms with van der Waals surface area (Å²) >= 11 is 0. The van der Waals surface area contributed by atoms with E-state index in [0.29, 0.717) is 5.92 Å². The smallest absolute Gasteiger partial charge is 0.168 e. The first-order chi connectivity index (χ1) is 10.8. The maximum atomic E-state index is 4.53. The van der Waals surface area contributed by atoms with Crippen LogP contribution in [0.25, 0.3) is 16.7 Å². The molecular weight excluding hydrogens is 274 g/mol. The van der Waals surface area contributed by atoms with Crippen LogP contribution in [0.2, 0.25) is 0 Å². The maximum absolute atomic E-state index is 4.53. The van der Waals surface area contributed by atoms with Crippen molar-refractivity contribution in [3.05, 3.63) is 42.9 Å². The molecule has 1 aromatic carbocycles. The van der Waals surface area contributed by atoms with E-state index in [0.717, 1.165) is 35.6 Å². The lowest BCUT2D eigenvalue weighted by Gasteiger charge is -2.31. The topological polar surface area (TPSA) is 46.8 Å². The number of para-hydroxylation sites is 1. The van der Waals surface area contributed by atoms with E-state index in [1.807, 2.05) is 41.2 Å². The summed E-state index contributed by atoms with van der Waals surface area (Å²) in [5, 5.41) is 5.56. The van der Waals surface area contributed by atoms with E-state index in [2.05, 4.69) is 26.9 Å². The maximum Gasteiger partial charge on any atom is 0.168 e. The first kappa shape index (κ1) is 13.2. The van der Waals surface area contributed by atoms with Gasteiger partial charge >= 0.3 is 0 Å². The quantitative estimate of drug-likeness (QED) is 0.728. The van der Waals surface area contributed by atoms with Crippen molar-refractivity contribution in [1.29, 1.82) is 0 Å². The number of hydrogen-bond acceptors (Lipinski definition) is 4. The molecule has 4 rings (SSSR count). The Morgan fingerprint density at radius 3 is 2.82 bits per heavy atom. The molecule has 1 aliphatic heterocycles. The summed E-state index contributed by atoms with van der Waals surface area (Å²) < 4.78 is 1.88. The number of nitrogens with zero attached hydrogens (tertiary/aromatic N) is 5. The fraction of sp³-hybridized carbons (Fsp3) is 0.353. The third kappa shape index (κ3) is 2.22. The van der Waals surface area contributed by atoms with Gasteiger partial charge in [-0.2, -0.15) is 5.10 Å².